The first-order valence-corrected chi connectivity index (χ1v) is 12.7. The van der Waals surface area contributed by atoms with Crippen molar-refractivity contribution in [3.63, 3.8) is 0 Å². The van der Waals surface area contributed by atoms with E-state index in [1.165, 1.54) is 15.9 Å². The number of thiazole rings is 1. The third-order valence-electron chi connectivity index (χ3n) is 5.53. The molecule has 0 amide bonds. The first kappa shape index (κ1) is 25.5. The number of hydrogen-bond donors (Lipinski definition) is 0. The Labute approximate surface area is 220 Å². The van der Waals surface area contributed by atoms with Crippen molar-refractivity contribution in [2.24, 2.45) is 4.99 Å². The van der Waals surface area contributed by atoms with Crippen LogP contribution in [0.4, 0.5) is 0 Å². The number of fused-ring (bicyclic) bond motifs is 1. The fourth-order valence-corrected chi connectivity index (χ4v) is 5.55. The molecule has 3 aromatic rings. The average Bonchev–Trinajstić information content (AvgIpc) is 3.16. The van der Waals surface area contributed by atoms with Gasteiger partial charge in [-0.1, -0.05) is 41.5 Å². The molecule has 1 aliphatic rings. The second kappa shape index (κ2) is 11.0. The predicted octanol–water partition coefficient (Wildman–Crippen LogP) is 3.58. The van der Waals surface area contributed by atoms with Gasteiger partial charge < -0.3 is 14.2 Å². The number of methoxy groups -OCH3 is 1. The number of nitrogens with zero attached hydrogens (tertiary/aromatic N) is 2. The van der Waals surface area contributed by atoms with Crippen LogP contribution >= 0.6 is 27.3 Å². The summed E-state index contributed by atoms with van der Waals surface area (Å²) in [5.74, 6) is 3.14. The number of carbonyl (C=O) groups excluding carboxylic acids is 1. The highest BCUT2D eigenvalue weighted by atomic mass is 79.9. The van der Waals surface area contributed by atoms with Crippen LogP contribution in [-0.2, 0) is 9.53 Å². The van der Waals surface area contributed by atoms with Gasteiger partial charge in [0.05, 0.1) is 40.0 Å². The second-order valence-corrected chi connectivity index (χ2v) is 9.59. The molecule has 0 bridgehead atoms. The first-order valence-electron chi connectivity index (χ1n) is 11.1. The summed E-state index contributed by atoms with van der Waals surface area (Å²) in [4.78, 5) is 31.9. The molecule has 0 spiro atoms. The number of rotatable bonds is 7. The second-order valence-electron chi connectivity index (χ2n) is 7.73. The maximum atomic E-state index is 13.8. The van der Waals surface area contributed by atoms with Gasteiger partial charge in [-0.15, -0.1) is 6.42 Å². The maximum absolute atomic E-state index is 13.8. The molecule has 0 N–H and O–H groups in total. The monoisotopic (exact) mass is 566 g/mol. The smallest absolute Gasteiger partial charge is 0.338 e. The molecule has 0 saturated heterocycles. The minimum Gasteiger partial charge on any atom is -0.496 e. The summed E-state index contributed by atoms with van der Waals surface area (Å²) in [6.45, 7) is 3.80. The Balaban J connectivity index is 1.94. The van der Waals surface area contributed by atoms with Crippen LogP contribution in [0, 0.1) is 12.3 Å². The summed E-state index contributed by atoms with van der Waals surface area (Å²) in [6, 6.07) is 12.0. The van der Waals surface area contributed by atoms with Crippen molar-refractivity contribution in [1.82, 2.24) is 4.57 Å². The van der Waals surface area contributed by atoms with Crippen LogP contribution in [0.15, 0.2) is 68.0 Å². The summed E-state index contributed by atoms with van der Waals surface area (Å²) in [5, 5.41) is 0. The average molecular weight is 567 g/mol. The molecule has 184 valence electrons. The molecule has 7 nitrogen and oxygen atoms in total. The molecule has 1 aliphatic heterocycles. The number of ether oxygens (including phenoxy) is 3. The van der Waals surface area contributed by atoms with E-state index in [1.54, 1.807) is 39.2 Å². The van der Waals surface area contributed by atoms with Crippen LogP contribution in [0.2, 0.25) is 0 Å². The standard InChI is InChI=1S/C27H23BrN2O5S/c1-5-13-35-20-10-8-7-9-17(20)15-22-25(31)30-24(18-11-12-21(33-4)19(28)14-18)23(26(32)34-6-2)16(3)29-27(30)36-22/h1,7-12,14-15,24H,6,13H2,2-4H3/b22-15-/t24-/m0/s1. The zero-order chi connectivity index (χ0) is 25.8. The van der Waals surface area contributed by atoms with Crippen molar-refractivity contribution < 1.29 is 19.0 Å². The Morgan fingerprint density at radius 2 is 2.06 bits per heavy atom. The zero-order valence-corrected chi connectivity index (χ0v) is 22.3. The van der Waals surface area contributed by atoms with Gasteiger partial charge in [0.2, 0.25) is 0 Å². The van der Waals surface area contributed by atoms with Gasteiger partial charge in [-0.2, -0.15) is 0 Å². The fourth-order valence-electron chi connectivity index (χ4n) is 3.95. The molecule has 0 fully saturated rings. The summed E-state index contributed by atoms with van der Waals surface area (Å²) < 4.78 is 19.0. The highest BCUT2D eigenvalue weighted by Crippen LogP contribution is 2.35. The predicted molar refractivity (Wildman–Crippen MR) is 142 cm³/mol. The Morgan fingerprint density at radius 1 is 1.28 bits per heavy atom. The third kappa shape index (κ3) is 4.87. The van der Waals surface area contributed by atoms with Gasteiger partial charge in [-0.05, 0) is 59.6 Å². The Bertz CT molecular complexity index is 1580. The topological polar surface area (TPSA) is 79.1 Å². The van der Waals surface area contributed by atoms with Crippen LogP contribution in [0.3, 0.4) is 0 Å². The number of carbonyl (C=O) groups is 1. The number of aromatic nitrogens is 1. The van der Waals surface area contributed by atoms with Crippen LogP contribution in [-0.4, -0.2) is 30.9 Å². The van der Waals surface area contributed by atoms with Crippen molar-refractivity contribution in [3.05, 3.63) is 89.0 Å². The van der Waals surface area contributed by atoms with Crippen LogP contribution in [0.1, 0.15) is 31.0 Å². The molecule has 0 saturated carbocycles. The summed E-state index contributed by atoms with van der Waals surface area (Å²) in [6.07, 6.45) is 7.09. The van der Waals surface area contributed by atoms with E-state index in [1.807, 2.05) is 30.3 Å². The summed E-state index contributed by atoms with van der Waals surface area (Å²) in [5.41, 5.74) is 1.95. The molecule has 1 aromatic heterocycles. The molecule has 0 radical (unpaired) electrons. The normalized spacial score (nSPS) is 15.1. The lowest BCUT2D eigenvalue weighted by Gasteiger charge is -2.25. The molecule has 1 atom stereocenters. The highest BCUT2D eigenvalue weighted by Gasteiger charge is 2.33. The molecular weight excluding hydrogens is 544 g/mol. The quantitative estimate of drug-likeness (QED) is 0.322. The molecule has 2 heterocycles. The van der Waals surface area contributed by atoms with E-state index in [4.69, 9.17) is 20.6 Å². The summed E-state index contributed by atoms with van der Waals surface area (Å²) in [7, 11) is 1.57. The molecule has 2 aromatic carbocycles. The number of hydrogen-bond acceptors (Lipinski definition) is 7. The van der Waals surface area contributed by atoms with E-state index in [2.05, 4.69) is 26.8 Å². The molecule has 36 heavy (non-hydrogen) atoms. The lowest BCUT2D eigenvalue weighted by molar-refractivity contribution is -0.139. The van der Waals surface area contributed by atoms with Crippen molar-refractivity contribution in [2.45, 2.75) is 19.9 Å². The Hall–Kier alpha value is -3.61. The molecule has 9 heteroatoms. The van der Waals surface area contributed by atoms with Crippen LogP contribution < -0.4 is 24.4 Å². The minimum atomic E-state index is -0.724. The van der Waals surface area contributed by atoms with Gasteiger partial charge >= 0.3 is 5.97 Å². The number of para-hydroxylation sites is 1. The lowest BCUT2D eigenvalue weighted by Crippen LogP contribution is -2.40. The number of allylic oxidation sites excluding steroid dienone is 1. The fraction of sp³-hybridized carbons (Fsp3) is 0.222. The molecule has 4 rings (SSSR count). The Kier molecular flexibility index (Phi) is 7.77. The van der Waals surface area contributed by atoms with Gasteiger partial charge in [0.25, 0.3) is 5.56 Å². The van der Waals surface area contributed by atoms with Crippen molar-refractivity contribution in [2.75, 3.05) is 20.3 Å². The highest BCUT2D eigenvalue weighted by molar-refractivity contribution is 9.10. The van der Waals surface area contributed by atoms with E-state index in [0.29, 0.717) is 47.7 Å². The van der Waals surface area contributed by atoms with Gasteiger partial charge in [-0.25, -0.2) is 9.79 Å². The number of esters is 1. The number of halogens is 1. The van der Waals surface area contributed by atoms with E-state index in [-0.39, 0.29) is 18.8 Å². The zero-order valence-electron chi connectivity index (χ0n) is 19.9. The molecular formula is C27H23BrN2O5S. The van der Waals surface area contributed by atoms with Gasteiger partial charge in [0.15, 0.2) is 4.80 Å². The van der Waals surface area contributed by atoms with Crippen molar-refractivity contribution >= 4 is 39.3 Å². The Morgan fingerprint density at radius 3 is 2.75 bits per heavy atom. The molecule has 0 aliphatic carbocycles. The van der Waals surface area contributed by atoms with E-state index >= 15 is 0 Å². The van der Waals surface area contributed by atoms with E-state index < -0.39 is 12.0 Å². The van der Waals surface area contributed by atoms with Crippen molar-refractivity contribution in [3.8, 4) is 23.8 Å². The van der Waals surface area contributed by atoms with E-state index in [9.17, 15) is 9.59 Å². The van der Waals surface area contributed by atoms with Gasteiger partial charge in [0, 0.05) is 5.56 Å². The van der Waals surface area contributed by atoms with Crippen LogP contribution in [0.5, 0.6) is 11.5 Å². The number of benzene rings is 2. The van der Waals surface area contributed by atoms with Crippen LogP contribution in [0.25, 0.3) is 6.08 Å². The lowest BCUT2D eigenvalue weighted by atomic mass is 9.96. The largest absolute Gasteiger partial charge is 0.496 e. The van der Waals surface area contributed by atoms with Crippen molar-refractivity contribution in [1.29, 1.82) is 0 Å². The van der Waals surface area contributed by atoms with Gasteiger partial charge in [0.1, 0.15) is 18.1 Å². The summed E-state index contributed by atoms with van der Waals surface area (Å²) >= 11 is 4.75. The minimum absolute atomic E-state index is 0.112. The number of terminal acetylenes is 1. The molecule has 0 unspecified atom stereocenters. The van der Waals surface area contributed by atoms with E-state index in [0.717, 1.165) is 0 Å². The first-order chi connectivity index (χ1) is 17.4. The maximum Gasteiger partial charge on any atom is 0.338 e. The third-order valence-corrected chi connectivity index (χ3v) is 7.13. The SMILES string of the molecule is C#CCOc1ccccc1/C=c1\sc2n(c1=O)[C@@H](c1ccc(OC)c(Br)c1)C(C(=O)OCC)=C(C)N=2. The van der Waals surface area contributed by atoms with Gasteiger partial charge in [-0.3, -0.25) is 9.36 Å².